The van der Waals surface area contributed by atoms with Crippen molar-refractivity contribution < 1.29 is 10.0 Å². The van der Waals surface area contributed by atoms with Crippen LogP contribution in [-0.4, -0.2) is 16.6 Å². The summed E-state index contributed by atoms with van der Waals surface area (Å²) in [5.74, 6) is 0. The Morgan fingerprint density at radius 2 is 2.06 bits per heavy atom. The van der Waals surface area contributed by atoms with Gasteiger partial charge in [0.05, 0.1) is 11.5 Å². The van der Waals surface area contributed by atoms with Crippen LogP contribution < -0.4 is 0 Å². The van der Waals surface area contributed by atoms with E-state index in [9.17, 15) is 15.2 Å². The second-order valence-electron chi connectivity index (χ2n) is 5.56. The van der Waals surface area contributed by atoms with Crippen molar-refractivity contribution in [1.82, 2.24) is 0 Å². The number of hydrogen-bond donors (Lipinski definition) is 1. The molecule has 0 heterocycles. The number of aliphatic hydroxyl groups excluding tert-OH is 1. The number of rotatable bonds is 3. The van der Waals surface area contributed by atoms with E-state index in [4.69, 9.17) is 0 Å². The molecule has 17 heavy (non-hydrogen) atoms. The average molecular weight is 235 g/mol. The van der Waals surface area contributed by atoms with Crippen LogP contribution in [0.15, 0.2) is 18.2 Å². The van der Waals surface area contributed by atoms with Gasteiger partial charge in [0.25, 0.3) is 5.69 Å². The minimum absolute atomic E-state index is 0.0187. The van der Waals surface area contributed by atoms with Gasteiger partial charge in [0, 0.05) is 17.0 Å². The maximum absolute atomic E-state index is 10.9. The van der Waals surface area contributed by atoms with E-state index < -0.39 is 0 Å². The van der Waals surface area contributed by atoms with Crippen LogP contribution in [0.4, 0.5) is 5.69 Å². The summed E-state index contributed by atoms with van der Waals surface area (Å²) in [5.41, 5.74) is 1.39. The quantitative estimate of drug-likeness (QED) is 0.647. The molecule has 0 saturated heterocycles. The molecule has 1 atom stereocenters. The van der Waals surface area contributed by atoms with Crippen LogP contribution in [0.2, 0.25) is 0 Å². The normalized spacial score (nSPS) is 25.6. The van der Waals surface area contributed by atoms with Crippen LogP contribution in [0.1, 0.15) is 31.4 Å². The molecule has 4 heteroatoms. The van der Waals surface area contributed by atoms with Crippen LogP contribution in [0.3, 0.4) is 0 Å². The fourth-order valence-electron chi connectivity index (χ4n) is 2.67. The van der Waals surface area contributed by atoms with Gasteiger partial charge in [-0.15, -0.1) is 0 Å². The van der Waals surface area contributed by atoms with Crippen LogP contribution in [0.25, 0.3) is 0 Å². The molecule has 1 aromatic carbocycles. The topological polar surface area (TPSA) is 63.4 Å². The molecule has 2 rings (SSSR count). The minimum Gasteiger partial charge on any atom is -0.395 e. The Balaban J connectivity index is 2.48. The van der Waals surface area contributed by atoms with E-state index in [0.29, 0.717) is 5.56 Å². The summed E-state index contributed by atoms with van der Waals surface area (Å²) in [5, 5.41) is 20.5. The van der Waals surface area contributed by atoms with Crippen LogP contribution >= 0.6 is 0 Å². The summed E-state index contributed by atoms with van der Waals surface area (Å²) < 4.78 is 0. The summed E-state index contributed by atoms with van der Waals surface area (Å²) in [6.07, 6.45) is 0.872. The highest BCUT2D eigenvalue weighted by atomic mass is 16.6. The van der Waals surface area contributed by atoms with Crippen molar-refractivity contribution in [2.45, 2.75) is 32.6 Å². The highest BCUT2D eigenvalue weighted by molar-refractivity contribution is 5.48. The Labute approximate surface area is 100 Å². The summed E-state index contributed by atoms with van der Waals surface area (Å²) in [7, 11) is 0. The molecule has 4 nitrogen and oxygen atoms in total. The molecular weight excluding hydrogens is 218 g/mol. The van der Waals surface area contributed by atoms with E-state index in [1.165, 1.54) is 0 Å². The van der Waals surface area contributed by atoms with Gasteiger partial charge in [0.2, 0.25) is 0 Å². The molecule has 1 aromatic rings. The molecule has 0 bridgehead atoms. The lowest BCUT2D eigenvalue weighted by molar-refractivity contribution is -0.385. The monoisotopic (exact) mass is 235 g/mol. The first-order chi connectivity index (χ1) is 7.84. The fourth-order valence-corrected chi connectivity index (χ4v) is 2.67. The number of nitrogens with zero attached hydrogens (tertiary/aromatic N) is 1. The maximum atomic E-state index is 10.9. The van der Waals surface area contributed by atoms with E-state index in [-0.39, 0.29) is 28.0 Å². The second kappa shape index (κ2) is 3.53. The van der Waals surface area contributed by atoms with Gasteiger partial charge in [-0.05, 0) is 24.3 Å². The van der Waals surface area contributed by atoms with Crippen LogP contribution in [-0.2, 0) is 5.41 Å². The Hall–Kier alpha value is -1.42. The summed E-state index contributed by atoms with van der Waals surface area (Å²) >= 11 is 0. The van der Waals surface area contributed by atoms with Crippen molar-refractivity contribution in [1.29, 1.82) is 0 Å². The van der Waals surface area contributed by atoms with Gasteiger partial charge < -0.3 is 5.11 Å². The number of benzene rings is 1. The molecule has 1 aliphatic rings. The lowest BCUT2D eigenvalue weighted by Crippen LogP contribution is -2.19. The Morgan fingerprint density at radius 3 is 2.47 bits per heavy atom. The lowest BCUT2D eigenvalue weighted by atomic mass is 9.88. The number of hydrogen-bond acceptors (Lipinski definition) is 3. The van der Waals surface area contributed by atoms with Crippen molar-refractivity contribution in [3.05, 3.63) is 39.4 Å². The summed E-state index contributed by atoms with van der Waals surface area (Å²) in [6, 6.07) is 5.27. The SMILES string of the molecule is Cc1ccc(C2(CO)CC2(C)C)cc1[N+](=O)[O-]. The van der Waals surface area contributed by atoms with Gasteiger partial charge >= 0.3 is 0 Å². The molecule has 0 spiro atoms. The number of aliphatic hydroxyl groups is 1. The molecule has 1 saturated carbocycles. The van der Waals surface area contributed by atoms with Gasteiger partial charge in [-0.2, -0.15) is 0 Å². The molecule has 1 N–H and O–H groups in total. The molecular formula is C13H17NO3. The smallest absolute Gasteiger partial charge is 0.272 e. The van der Waals surface area contributed by atoms with Crippen molar-refractivity contribution in [3.63, 3.8) is 0 Å². The number of nitro benzene ring substituents is 1. The third-order valence-corrected chi connectivity index (χ3v) is 4.14. The predicted octanol–water partition coefficient (Wildman–Crippen LogP) is 2.56. The Bertz CT molecular complexity index is 482. The third kappa shape index (κ3) is 1.63. The molecule has 0 aromatic heterocycles. The molecule has 1 fully saturated rings. The Kier molecular flexibility index (Phi) is 2.51. The third-order valence-electron chi connectivity index (χ3n) is 4.14. The Morgan fingerprint density at radius 1 is 1.47 bits per heavy atom. The molecule has 0 amide bonds. The second-order valence-corrected chi connectivity index (χ2v) is 5.56. The largest absolute Gasteiger partial charge is 0.395 e. The summed E-state index contributed by atoms with van der Waals surface area (Å²) in [6.45, 7) is 5.93. The summed E-state index contributed by atoms with van der Waals surface area (Å²) in [4.78, 5) is 10.6. The fraction of sp³-hybridized carbons (Fsp3) is 0.538. The van der Waals surface area contributed by atoms with E-state index in [1.54, 1.807) is 19.1 Å². The zero-order chi connectivity index (χ0) is 12.8. The number of aryl methyl sites for hydroxylation is 1. The first-order valence-corrected chi connectivity index (χ1v) is 5.70. The predicted molar refractivity (Wildman–Crippen MR) is 65.0 cm³/mol. The first-order valence-electron chi connectivity index (χ1n) is 5.70. The molecule has 0 radical (unpaired) electrons. The van der Waals surface area contributed by atoms with Gasteiger partial charge in [0.1, 0.15) is 0 Å². The van der Waals surface area contributed by atoms with E-state index >= 15 is 0 Å². The van der Waals surface area contributed by atoms with E-state index in [1.807, 2.05) is 6.07 Å². The maximum Gasteiger partial charge on any atom is 0.272 e. The van der Waals surface area contributed by atoms with Gasteiger partial charge in [0.15, 0.2) is 0 Å². The highest BCUT2D eigenvalue weighted by Gasteiger charge is 2.61. The first kappa shape index (κ1) is 12.0. The zero-order valence-corrected chi connectivity index (χ0v) is 10.4. The van der Waals surface area contributed by atoms with Crippen molar-refractivity contribution >= 4 is 5.69 Å². The molecule has 0 aliphatic heterocycles. The average Bonchev–Trinajstić information content (AvgIpc) is 2.82. The van der Waals surface area contributed by atoms with Crippen molar-refractivity contribution in [2.75, 3.05) is 6.61 Å². The zero-order valence-electron chi connectivity index (χ0n) is 10.4. The molecule has 92 valence electrons. The van der Waals surface area contributed by atoms with Crippen molar-refractivity contribution in [3.8, 4) is 0 Å². The lowest BCUT2D eigenvalue weighted by Gasteiger charge is -2.18. The molecule has 1 unspecified atom stereocenters. The highest BCUT2D eigenvalue weighted by Crippen LogP contribution is 2.64. The van der Waals surface area contributed by atoms with Gasteiger partial charge in [-0.3, -0.25) is 10.1 Å². The van der Waals surface area contributed by atoms with Crippen LogP contribution in [0, 0.1) is 22.5 Å². The van der Waals surface area contributed by atoms with Crippen molar-refractivity contribution in [2.24, 2.45) is 5.41 Å². The van der Waals surface area contributed by atoms with E-state index in [2.05, 4.69) is 13.8 Å². The van der Waals surface area contributed by atoms with Gasteiger partial charge in [-0.1, -0.05) is 26.0 Å². The van der Waals surface area contributed by atoms with E-state index in [0.717, 1.165) is 12.0 Å². The minimum atomic E-state index is -0.362. The standard InChI is InChI=1S/C13H17NO3/c1-9-4-5-10(6-11(9)14(16)17)13(8-15)7-12(13,2)3/h4-6,15H,7-8H2,1-3H3. The van der Waals surface area contributed by atoms with Crippen LogP contribution in [0.5, 0.6) is 0 Å². The molecule has 1 aliphatic carbocycles. The number of nitro groups is 1. The van der Waals surface area contributed by atoms with Gasteiger partial charge in [-0.25, -0.2) is 0 Å².